The van der Waals surface area contributed by atoms with Crippen LogP contribution in [0.1, 0.15) is 0 Å². The van der Waals surface area contributed by atoms with Crippen molar-refractivity contribution in [1.82, 2.24) is 19.7 Å². The zero-order valence-corrected chi connectivity index (χ0v) is 9.88. The van der Waals surface area contributed by atoms with Crippen LogP contribution in [0.15, 0.2) is 39.9 Å². The van der Waals surface area contributed by atoms with Crippen molar-refractivity contribution in [1.29, 1.82) is 0 Å². The molecule has 3 rings (SSSR count). The van der Waals surface area contributed by atoms with Crippen LogP contribution < -0.4 is 11.1 Å². The van der Waals surface area contributed by atoms with E-state index >= 15 is 0 Å². The van der Waals surface area contributed by atoms with Crippen LogP contribution >= 0.6 is 12.2 Å². The number of aromatic nitrogens is 4. The Bertz CT molecular complexity index is 885. The number of nitrogens with zero attached hydrogens (tertiary/aromatic N) is 1. The molecule has 3 N–H and O–H groups in total. The van der Waals surface area contributed by atoms with Gasteiger partial charge in [0.15, 0.2) is 4.77 Å². The van der Waals surface area contributed by atoms with E-state index < -0.39 is 11.1 Å². The van der Waals surface area contributed by atoms with Crippen LogP contribution in [0.4, 0.5) is 0 Å². The number of benzene rings is 1. The van der Waals surface area contributed by atoms with Gasteiger partial charge in [0.05, 0.1) is 0 Å². The molecule has 0 fully saturated rings. The second kappa shape index (κ2) is 3.81. The summed E-state index contributed by atoms with van der Waals surface area (Å²) in [4.78, 5) is 26.2. The molecule has 1 aromatic carbocycles. The molecule has 0 atom stereocenters. The standard InChI is InChI=1S/C11H8N4O2S/c16-9-7-8(10(17)14-13-9)15(11(18)12-7)6-4-2-1-3-5-6/h1-5H,(H,12,18)(H,13,16)(H,14,17). The molecule has 0 radical (unpaired) electrons. The van der Waals surface area contributed by atoms with Crippen molar-refractivity contribution in [2.75, 3.05) is 0 Å². The molecule has 0 saturated carbocycles. The predicted octanol–water partition coefficient (Wildman–Crippen LogP) is 1.06. The summed E-state index contributed by atoms with van der Waals surface area (Å²) >= 11 is 5.16. The summed E-state index contributed by atoms with van der Waals surface area (Å²) in [7, 11) is 0. The van der Waals surface area contributed by atoms with Crippen LogP contribution in [0.25, 0.3) is 16.7 Å². The summed E-state index contributed by atoms with van der Waals surface area (Å²) in [5.41, 5.74) is 0.304. The number of hydrogen-bond acceptors (Lipinski definition) is 3. The molecule has 2 aromatic heterocycles. The Labute approximate surface area is 105 Å². The number of nitrogens with one attached hydrogen (secondary N) is 3. The monoisotopic (exact) mass is 260 g/mol. The van der Waals surface area contributed by atoms with Gasteiger partial charge in [-0.15, -0.1) is 0 Å². The van der Waals surface area contributed by atoms with Gasteiger partial charge in [-0.05, 0) is 24.4 Å². The zero-order valence-electron chi connectivity index (χ0n) is 9.06. The van der Waals surface area contributed by atoms with E-state index in [1.165, 1.54) is 0 Å². The lowest BCUT2D eigenvalue weighted by Gasteiger charge is -2.02. The molecule has 7 heteroatoms. The van der Waals surface area contributed by atoms with E-state index in [4.69, 9.17) is 12.2 Å². The highest BCUT2D eigenvalue weighted by molar-refractivity contribution is 7.71. The molecule has 2 heterocycles. The summed E-state index contributed by atoms with van der Waals surface area (Å²) < 4.78 is 1.84. The smallest absolute Gasteiger partial charge is 0.289 e. The normalized spacial score (nSPS) is 10.9. The van der Waals surface area contributed by atoms with E-state index in [2.05, 4.69) is 15.2 Å². The average Bonchev–Trinajstić information content (AvgIpc) is 2.74. The highest BCUT2D eigenvalue weighted by atomic mass is 32.1. The lowest BCUT2D eigenvalue weighted by Crippen LogP contribution is -2.20. The molecule has 0 unspecified atom stereocenters. The van der Waals surface area contributed by atoms with Crippen LogP contribution in [0.3, 0.4) is 0 Å². The topological polar surface area (TPSA) is 86.4 Å². The number of imidazole rings is 1. The van der Waals surface area contributed by atoms with E-state index in [1.54, 1.807) is 4.57 Å². The van der Waals surface area contributed by atoms with Gasteiger partial charge in [-0.25, -0.2) is 0 Å². The van der Waals surface area contributed by atoms with Gasteiger partial charge in [0, 0.05) is 5.69 Å². The third-order valence-electron chi connectivity index (χ3n) is 2.64. The Morgan fingerprint density at radius 1 is 1.00 bits per heavy atom. The zero-order chi connectivity index (χ0) is 12.7. The lowest BCUT2D eigenvalue weighted by molar-refractivity contribution is 0.961. The largest absolute Gasteiger partial charge is 0.326 e. The van der Waals surface area contributed by atoms with E-state index in [0.717, 1.165) is 5.69 Å². The molecule has 3 aromatic rings. The number of para-hydroxylation sites is 1. The third kappa shape index (κ3) is 1.45. The fourth-order valence-electron chi connectivity index (χ4n) is 1.87. The first kappa shape index (κ1) is 10.7. The van der Waals surface area contributed by atoms with Crippen molar-refractivity contribution in [3.63, 3.8) is 0 Å². The fourth-order valence-corrected chi connectivity index (χ4v) is 2.17. The molecule has 6 nitrogen and oxygen atoms in total. The van der Waals surface area contributed by atoms with Gasteiger partial charge in [0.1, 0.15) is 11.0 Å². The van der Waals surface area contributed by atoms with Gasteiger partial charge in [-0.2, -0.15) is 0 Å². The van der Waals surface area contributed by atoms with Gasteiger partial charge >= 0.3 is 0 Å². The quantitative estimate of drug-likeness (QED) is 0.572. The minimum atomic E-state index is -0.412. The SMILES string of the molecule is O=c1[nH][nH]c(=O)c2c1[nH]c(=S)n2-c1ccccc1. The molecule has 90 valence electrons. The van der Waals surface area contributed by atoms with E-state index in [9.17, 15) is 9.59 Å². The Kier molecular flexibility index (Phi) is 2.27. The molecule has 0 saturated heterocycles. The van der Waals surface area contributed by atoms with Crippen molar-refractivity contribution in [3.8, 4) is 5.69 Å². The van der Waals surface area contributed by atoms with Crippen molar-refractivity contribution < 1.29 is 0 Å². The molecule has 18 heavy (non-hydrogen) atoms. The van der Waals surface area contributed by atoms with Crippen LogP contribution in [-0.4, -0.2) is 19.7 Å². The minimum absolute atomic E-state index is 0.174. The molecule has 0 aliphatic rings. The first-order valence-corrected chi connectivity index (χ1v) is 5.60. The van der Waals surface area contributed by atoms with E-state index in [0.29, 0.717) is 4.77 Å². The van der Waals surface area contributed by atoms with Crippen LogP contribution in [0.2, 0.25) is 0 Å². The molecule has 0 aliphatic heterocycles. The Balaban J connectivity index is 2.56. The molecular weight excluding hydrogens is 252 g/mol. The highest BCUT2D eigenvalue weighted by Gasteiger charge is 2.12. The van der Waals surface area contributed by atoms with Gasteiger partial charge in [-0.3, -0.25) is 24.4 Å². The van der Waals surface area contributed by atoms with Crippen LogP contribution in [0, 0.1) is 4.77 Å². The lowest BCUT2D eigenvalue weighted by atomic mass is 10.3. The van der Waals surface area contributed by atoms with Crippen LogP contribution in [0.5, 0.6) is 0 Å². The van der Waals surface area contributed by atoms with Gasteiger partial charge in [-0.1, -0.05) is 18.2 Å². The molecular formula is C11H8N4O2S. The predicted molar refractivity (Wildman–Crippen MR) is 69.7 cm³/mol. The third-order valence-corrected chi connectivity index (χ3v) is 2.93. The van der Waals surface area contributed by atoms with Crippen molar-refractivity contribution in [3.05, 3.63) is 55.8 Å². The Morgan fingerprint density at radius 2 is 1.67 bits per heavy atom. The first-order valence-electron chi connectivity index (χ1n) is 5.19. The number of fused-ring (bicyclic) bond motifs is 1. The summed E-state index contributed by atoms with van der Waals surface area (Å²) in [6.07, 6.45) is 0. The maximum absolute atomic E-state index is 11.8. The molecule has 0 bridgehead atoms. The second-order valence-electron chi connectivity index (χ2n) is 3.73. The Hall–Kier alpha value is -2.41. The molecule has 0 spiro atoms. The summed E-state index contributed by atoms with van der Waals surface area (Å²) in [6.45, 7) is 0. The van der Waals surface area contributed by atoms with Crippen molar-refractivity contribution in [2.24, 2.45) is 0 Å². The summed E-state index contributed by atoms with van der Waals surface area (Å²) in [5.74, 6) is 0. The van der Waals surface area contributed by atoms with Gasteiger partial charge in [0.2, 0.25) is 0 Å². The average molecular weight is 260 g/mol. The highest BCUT2D eigenvalue weighted by Crippen LogP contribution is 2.13. The van der Waals surface area contributed by atoms with Crippen molar-refractivity contribution >= 4 is 23.3 Å². The second-order valence-corrected chi connectivity index (χ2v) is 4.12. The van der Waals surface area contributed by atoms with E-state index in [1.807, 2.05) is 30.3 Å². The maximum Gasteiger partial charge on any atom is 0.289 e. The number of aromatic amines is 3. The Morgan fingerprint density at radius 3 is 2.39 bits per heavy atom. The minimum Gasteiger partial charge on any atom is -0.326 e. The number of H-pyrrole nitrogens is 3. The van der Waals surface area contributed by atoms with Crippen molar-refractivity contribution in [2.45, 2.75) is 0 Å². The first-order chi connectivity index (χ1) is 8.68. The fraction of sp³-hybridized carbons (Fsp3) is 0. The van der Waals surface area contributed by atoms with Crippen LogP contribution in [-0.2, 0) is 0 Å². The summed E-state index contributed by atoms with van der Waals surface area (Å²) in [6, 6.07) is 9.14. The van der Waals surface area contributed by atoms with Gasteiger partial charge in [0.25, 0.3) is 11.1 Å². The number of hydrogen-bond donors (Lipinski definition) is 3. The maximum atomic E-state index is 11.8. The molecule has 0 aliphatic carbocycles. The van der Waals surface area contributed by atoms with Gasteiger partial charge < -0.3 is 4.98 Å². The summed E-state index contributed by atoms with van der Waals surface area (Å²) in [5, 5.41) is 4.54. The molecule has 0 amide bonds. The number of rotatable bonds is 1. The van der Waals surface area contributed by atoms with E-state index in [-0.39, 0.29) is 11.0 Å².